The van der Waals surface area contributed by atoms with Gasteiger partial charge in [0.25, 0.3) is 0 Å². The van der Waals surface area contributed by atoms with Crippen LogP contribution in [0.4, 0.5) is 0 Å². The van der Waals surface area contributed by atoms with E-state index in [9.17, 15) is 4.57 Å². The molecule has 0 aromatic heterocycles. The van der Waals surface area contributed by atoms with Crippen LogP contribution in [0.1, 0.15) is 20.3 Å². The molecule has 6 heteroatoms. The van der Waals surface area contributed by atoms with Crippen LogP contribution in [0.3, 0.4) is 0 Å². The second-order valence-corrected chi connectivity index (χ2v) is 4.70. The summed E-state index contributed by atoms with van der Waals surface area (Å²) in [5.74, 6) is 0.422. The van der Waals surface area contributed by atoms with Gasteiger partial charge in [0.05, 0.1) is 18.8 Å². The standard InChI is InChI=1S/C7H15O5P/c1-5-3-7(12-6(5)2)4-11-13(8,9)10/h5-7H,3-4H2,1-2H3,(H2,8,9,10)/t5-,6-,7?/m0/s1. The molecule has 1 saturated heterocycles. The van der Waals surface area contributed by atoms with E-state index in [1.54, 1.807) is 0 Å². The Hall–Kier alpha value is 0.0700. The van der Waals surface area contributed by atoms with Crippen LogP contribution in [0.15, 0.2) is 0 Å². The number of hydrogen-bond acceptors (Lipinski definition) is 3. The van der Waals surface area contributed by atoms with Crippen LogP contribution in [0, 0.1) is 5.92 Å². The van der Waals surface area contributed by atoms with E-state index in [1.165, 1.54) is 0 Å². The first-order valence-electron chi connectivity index (χ1n) is 4.24. The van der Waals surface area contributed by atoms with Crippen molar-refractivity contribution in [2.24, 2.45) is 5.92 Å². The van der Waals surface area contributed by atoms with Gasteiger partial charge in [-0.25, -0.2) is 4.57 Å². The van der Waals surface area contributed by atoms with Crippen molar-refractivity contribution >= 4 is 7.82 Å². The monoisotopic (exact) mass is 210 g/mol. The summed E-state index contributed by atoms with van der Waals surface area (Å²) in [4.78, 5) is 16.9. The summed E-state index contributed by atoms with van der Waals surface area (Å²) < 4.78 is 20.1. The molecule has 0 radical (unpaired) electrons. The smallest absolute Gasteiger partial charge is 0.373 e. The lowest BCUT2D eigenvalue weighted by atomic mass is 10.0. The highest BCUT2D eigenvalue weighted by molar-refractivity contribution is 7.46. The zero-order chi connectivity index (χ0) is 10.1. The highest BCUT2D eigenvalue weighted by Gasteiger charge is 2.30. The van der Waals surface area contributed by atoms with Gasteiger partial charge in [0.15, 0.2) is 0 Å². The Kier molecular flexibility index (Phi) is 3.49. The minimum absolute atomic E-state index is 0.0288. The molecule has 0 aliphatic carbocycles. The molecule has 0 aromatic rings. The van der Waals surface area contributed by atoms with Gasteiger partial charge in [-0.1, -0.05) is 6.92 Å². The average molecular weight is 210 g/mol. The molecule has 0 saturated carbocycles. The topological polar surface area (TPSA) is 76.0 Å². The summed E-state index contributed by atoms with van der Waals surface area (Å²) >= 11 is 0. The third kappa shape index (κ3) is 3.75. The number of ether oxygens (including phenoxy) is 1. The number of phosphoric ester groups is 1. The van der Waals surface area contributed by atoms with E-state index < -0.39 is 7.82 Å². The zero-order valence-corrected chi connectivity index (χ0v) is 8.61. The fourth-order valence-corrected chi connectivity index (χ4v) is 1.75. The molecule has 0 spiro atoms. The zero-order valence-electron chi connectivity index (χ0n) is 7.71. The first kappa shape index (κ1) is 11.1. The van der Waals surface area contributed by atoms with Crippen molar-refractivity contribution in [3.05, 3.63) is 0 Å². The van der Waals surface area contributed by atoms with E-state index in [1.807, 2.05) is 13.8 Å². The van der Waals surface area contributed by atoms with Crippen molar-refractivity contribution in [1.82, 2.24) is 0 Å². The van der Waals surface area contributed by atoms with Crippen molar-refractivity contribution in [3.8, 4) is 0 Å². The molecule has 1 rings (SSSR count). The molecular weight excluding hydrogens is 195 g/mol. The lowest BCUT2D eigenvalue weighted by Crippen LogP contribution is -2.14. The second-order valence-electron chi connectivity index (χ2n) is 3.46. The van der Waals surface area contributed by atoms with Crippen molar-refractivity contribution in [2.75, 3.05) is 6.61 Å². The van der Waals surface area contributed by atoms with Gasteiger partial charge in [0.1, 0.15) is 0 Å². The van der Waals surface area contributed by atoms with Gasteiger partial charge in [-0.3, -0.25) is 4.52 Å². The summed E-state index contributed by atoms with van der Waals surface area (Å²) in [6.07, 6.45) is 0.754. The van der Waals surface area contributed by atoms with Gasteiger partial charge < -0.3 is 14.5 Å². The maximum absolute atomic E-state index is 10.4. The molecule has 1 fully saturated rings. The van der Waals surface area contributed by atoms with Crippen molar-refractivity contribution < 1.29 is 23.6 Å². The molecule has 1 heterocycles. The van der Waals surface area contributed by atoms with Crippen molar-refractivity contribution in [1.29, 1.82) is 0 Å². The van der Waals surface area contributed by atoms with Gasteiger partial charge in [-0.05, 0) is 19.3 Å². The van der Waals surface area contributed by atoms with Crippen molar-refractivity contribution in [3.63, 3.8) is 0 Å². The largest absolute Gasteiger partial charge is 0.469 e. The molecule has 0 aromatic carbocycles. The van der Waals surface area contributed by atoms with E-state index in [0.717, 1.165) is 6.42 Å². The lowest BCUT2D eigenvalue weighted by molar-refractivity contribution is 0.0140. The predicted octanol–water partition coefficient (Wildman–Crippen LogP) is 0.909. The third-order valence-electron chi connectivity index (χ3n) is 2.27. The minimum atomic E-state index is -4.34. The van der Waals surface area contributed by atoms with Gasteiger partial charge >= 0.3 is 7.82 Å². The molecule has 3 atom stereocenters. The quantitative estimate of drug-likeness (QED) is 0.677. The van der Waals surface area contributed by atoms with E-state index in [-0.39, 0.29) is 18.8 Å². The Balaban J connectivity index is 2.29. The molecule has 5 nitrogen and oxygen atoms in total. The first-order valence-corrected chi connectivity index (χ1v) is 5.77. The minimum Gasteiger partial charge on any atom is -0.373 e. The molecule has 0 bridgehead atoms. The van der Waals surface area contributed by atoms with Crippen LogP contribution in [-0.4, -0.2) is 28.6 Å². The second kappa shape index (κ2) is 4.07. The first-order chi connectivity index (χ1) is 5.88. The van der Waals surface area contributed by atoms with Crippen LogP contribution in [0.25, 0.3) is 0 Å². The predicted molar refractivity (Wildman–Crippen MR) is 46.1 cm³/mol. The summed E-state index contributed by atoms with van der Waals surface area (Å²) in [5.41, 5.74) is 0. The van der Waals surface area contributed by atoms with E-state index in [0.29, 0.717) is 5.92 Å². The fraction of sp³-hybridized carbons (Fsp3) is 1.00. The number of phosphoric acid groups is 1. The molecule has 1 aliphatic rings. The summed E-state index contributed by atoms with van der Waals surface area (Å²) in [6, 6.07) is 0. The third-order valence-corrected chi connectivity index (χ3v) is 2.76. The number of hydrogen-bond donors (Lipinski definition) is 2. The summed E-state index contributed by atoms with van der Waals surface area (Å²) in [6.45, 7) is 3.96. The Morgan fingerprint density at radius 3 is 2.54 bits per heavy atom. The highest BCUT2D eigenvalue weighted by atomic mass is 31.2. The molecule has 1 unspecified atom stereocenters. The van der Waals surface area contributed by atoms with E-state index in [2.05, 4.69) is 4.52 Å². The van der Waals surface area contributed by atoms with Gasteiger partial charge in [-0.15, -0.1) is 0 Å². The Labute approximate surface area is 77.3 Å². The molecule has 0 amide bonds. The number of rotatable bonds is 3. The normalized spacial score (nSPS) is 35.2. The van der Waals surface area contributed by atoms with Gasteiger partial charge in [0, 0.05) is 0 Å². The van der Waals surface area contributed by atoms with Crippen LogP contribution in [-0.2, 0) is 13.8 Å². The van der Waals surface area contributed by atoms with E-state index in [4.69, 9.17) is 14.5 Å². The van der Waals surface area contributed by atoms with E-state index >= 15 is 0 Å². The molecule has 2 N–H and O–H groups in total. The SMILES string of the molecule is C[C@@H]1OC(COP(=O)(O)O)C[C@@H]1C. The molecule has 1 aliphatic heterocycles. The van der Waals surface area contributed by atoms with Crippen LogP contribution in [0.2, 0.25) is 0 Å². The molecular formula is C7H15O5P. The Bertz CT molecular complexity index is 203. The Morgan fingerprint density at radius 2 is 2.15 bits per heavy atom. The van der Waals surface area contributed by atoms with Gasteiger partial charge in [-0.2, -0.15) is 0 Å². The summed E-state index contributed by atoms with van der Waals surface area (Å²) in [5, 5.41) is 0. The van der Waals surface area contributed by atoms with Crippen LogP contribution >= 0.6 is 7.82 Å². The maximum Gasteiger partial charge on any atom is 0.469 e. The van der Waals surface area contributed by atoms with Crippen LogP contribution in [0.5, 0.6) is 0 Å². The highest BCUT2D eigenvalue weighted by Crippen LogP contribution is 2.37. The average Bonchev–Trinajstić information content (AvgIpc) is 2.27. The van der Waals surface area contributed by atoms with Crippen molar-refractivity contribution in [2.45, 2.75) is 32.5 Å². The molecule has 13 heavy (non-hydrogen) atoms. The van der Waals surface area contributed by atoms with Crippen LogP contribution < -0.4 is 0 Å². The lowest BCUT2D eigenvalue weighted by Gasteiger charge is -2.11. The Morgan fingerprint density at radius 1 is 1.54 bits per heavy atom. The summed E-state index contributed by atoms with van der Waals surface area (Å²) in [7, 11) is -4.34. The van der Waals surface area contributed by atoms with Gasteiger partial charge in [0.2, 0.25) is 0 Å². The maximum atomic E-state index is 10.4. The fourth-order valence-electron chi connectivity index (χ4n) is 1.39. The molecule has 78 valence electrons.